The zero-order valence-corrected chi connectivity index (χ0v) is 18.0. The van der Waals surface area contributed by atoms with Gasteiger partial charge in [0.1, 0.15) is 11.2 Å². The summed E-state index contributed by atoms with van der Waals surface area (Å²) < 4.78 is 6.69. The first-order valence-electron chi connectivity index (χ1n) is 11.3. The van der Waals surface area contributed by atoms with E-state index in [9.17, 15) is 0 Å². The number of nitrogens with zero attached hydrogens (tertiary/aromatic N) is 2. The van der Waals surface area contributed by atoms with Crippen LogP contribution in [0.1, 0.15) is 0 Å². The standard InChI is InChI=1S/C30H17N3O/c1-3-10-19-17(8-1)18-9-2-4-11-20(18)29-26(19)27-24(34-29)16-22(30-31-14-7-15-32-30)28-25(27)21-12-5-6-13-23(21)33-28/h1-16,33H. The van der Waals surface area contributed by atoms with Gasteiger partial charge in [0.15, 0.2) is 5.82 Å². The van der Waals surface area contributed by atoms with E-state index in [0.29, 0.717) is 5.82 Å². The Kier molecular flexibility index (Phi) is 3.36. The van der Waals surface area contributed by atoms with Crippen molar-refractivity contribution < 1.29 is 4.42 Å². The zero-order chi connectivity index (χ0) is 22.2. The molecule has 0 atom stereocenters. The number of para-hydroxylation sites is 1. The molecule has 0 amide bonds. The Morgan fingerprint density at radius 2 is 1.24 bits per heavy atom. The first-order chi connectivity index (χ1) is 16.9. The number of H-pyrrole nitrogens is 1. The fourth-order valence-corrected chi connectivity index (χ4v) is 5.52. The Hall–Kier alpha value is -4.70. The minimum atomic E-state index is 0.677. The Balaban J connectivity index is 1.72. The van der Waals surface area contributed by atoms with Gasteiger partial charge in [-0.3, -0.25) is 0 Å². The molecule has 3 heterocycles. The van der Waals surface area contributed by atoms with E-state index < -0.39 is 0 Å². The molecule has 0 saturated heterocycles. The van der Waals surface area contributed by atoms with Crippen molar-refractivity contribution in [2.24, 2.45) is 0 Å². The summed E-state index contributed by atoms with van der Waals surface area (Å²) in [7, 11) is 0. The summed E-state index contributed by atoms with van der Waals surface area (Å²) in [6.45, 7) is 0. The van der Waals surface area contributed by atoms with Crippen LogP contribution in [0.4, 0.5) is 0 Å². The summed E-state index contributed by atoms with van der Waals surface area (Å²) in [5.74, 6) is 0.677. The molecule has 4 heteroatoms. The third-order valence-electron chi connectivity index (χ3n) is 6.90. The second-order valence-electron chi connectivity index (χ2n) is 8.69. The SMILES string of the molecule is c1cnc(-c2cc3oc4c5ccccc5c5ccccc5c4c3c3c2[nH]c2ccccc23)nc1. The van der Waals surface area contributed by atoms with Gasteiger partial charge in [0.05, 0.1) is 5.52 Å². The van der Waals surface area contributed by atoms with Gasteiger partial charge in [0, 0.05) is 50.4 Å². The van der Waals surface area contributed by atoms with Crippen LogP contribution in [-0.4, -0.2) is 15.0 Å². The molecule has 8 aromatic rings. The third kappa shape index (κ3) is 2.22. The quantitative estimate of drug-likeness (QED) is 0.266. The Labute approximate surface area is 193 Å². The zero-order valence-electron chi connectivity index (χ0n) is 18.0. The van der Waals surface area contributed by atoms with Crippen LogP contribution in [-0.2, 0) is 0 Å². The lowest BCUT2D eigenvalue weighted by molar-refractivity contribution is 0.673. The van der Waals surface area contributed by atoms with Gasteiger partial charge in [0.25, 0.3) is 0 Å². The lowest BCUT2D eigenvalue weighted by Gasteiger charge is -2.07. The molecule has 0 fully saturated rings. The number of hydrogen-bond acceptors (Lipinski definition) is 3. The number of hydrogen-bond donors (Lipinski definition) is 1. The number of nitrogens with one attached hydrogen (secondary N) is 1. The van der Waals surface area contributed by atoms with Gasteiger partial charge in [-0.1, -0.05) is 66.7 Å². The van der Waals surface area contributed by atoms with Gasteiger partial charge in [-0.2, -0.15) is 0 Å². The van der Waals surface area contributed by atoms with Crippen molar-refractivity contribution in [2.75, 3.05) is 0 Å². The summed E-state index contributed by atoms with van der Waals surface area (Å²) in [6.07, 6.45) is 3.56. The molecule has 3 aromatic heterocycles. The van der Waals surface area contributed by atoms with Crippen molar-refractivity contribution in [2.45, 2.75) is 0 Å². The van der Waals surface area contributed by atoms with E-state index in [4.69, 9.17) is 4.42 Å². The average Bonchev–Trinajstić information content (AvgIpc) is 3.48. The predicted octanol–water partition coefficient (Wildman–Crippen LogP) is 7.98. The predicted molar refractivity (Wildman–Crippen MR) is 139 cm³/mol. The topological polar surface area (TPSA) is 54.7 Å². The van der Waals surface area contributed by atoms with Crippen molar-refractivity contribution in [1.29, 1.82) is 0 Å². The van der Waals surface area contributed by atoms with Gasteiger partial charge in [-0.25, -0.2) is 9.97 Å². The Morgan fingerprint density at radius 1 is 0.588 bits per heavy atom. The Morgan fingerprint density at radius 3 is 2.03 bits per heavy atom. The molecule has 0 radical (unpaired) electrons. The highest BCUT2D eigenvalue weighted by atomic mass is 16.3. The van der Waals surface area contributed by atoms with Crippen molar-refractivity contribution in [3.05, 3.63) is 97.3 Å². The number of rotatable bonds is 1. The van der Waals surface area contributed by atoms with E-state index in [1.165, 1.54) is 21.5 Å². The smallest absolute Gasteiger partial charge is 0.161 e. The van der Waals surface area contributed by atoms with Crippen LogP contribution in [0.25, 0.3) is 76.7 Å². The van der Waals surface area contributed by atoms with Gasteiger partial charge in [-0.05, 0) is 34.4 Å². The summed E-state index contributed by atoms with van der Waals surface area (Å²) in [5.41, 5.74) is 4.81. The van der Waals surface area contributed by atoms with Crippen molar-refractivity contribution in [3.63, 3.8) is 0 Å². The molecule has 34 heavy (non-hydrogen) atoms. The van der Waals surface area contributed by atoms with Crippen LogP contribution in [0.5, 0.6) is 0 Å². The highest BCUT2D eigenvalue weighted by Gasteiger charge is 2.22. The molecule has 0 aliphatic rings. The number of benzene rings is 5. The van der Waals surface area contributed by atoms with Crippen LogP contribution in [0.2, 0.25) is 0 Å². The molecule has 8 rings (SSSR count). The number of aromatic nitrogens is 3. The molecule has 0 bridgehead atoms. The lowest BCUT2D eigenvalue weighted by Crippen LogP contribution is -1.88. The van der Waals surface area contributed by atoms with Gasteiger partial charge in [0.2, 0.25) is 0 Å². The van der Waals surface area contributed by atoms with E-state index in [1.807, 2.05) is 6.07 Å². The van der Waals surface area contributed by atoms with Gasteiger partial charge in [-0.15, -0.1) is 0 Å². The van der Waals surface area contributed by atoms with Crippen LogP contribution in [0.3, 0.4) is 0 Å². The van der Waals surface area contributed by atoms with Crippen molar-refractivity contribution in [3.8, 4) is 11.4 Å². The average molecular weight is 435 g/mol. The molecular formula is C30H17N3O. The van der Waals surface area contributed by atoms with E-state index in [-0.39, 0.29) is 0 Å². The Bertz CT molecular complexity index is 2070. The molecule has 0 aliphatic carbocycles. The summed E-state index contributed by atoms with van der Waals surface area (Å²) >= 11 is 0. The van der Waals surface area contributed by atoms with Gasteiger partial charge < -0.3 is 9.40 Å². The lowest BCUT2D eigenvalue weighted by atomic mass is 9.95. The monoisotopic (exact) mass is 435 g/mol. The molecule has 0 spiro atoms. The van der Waals surface area contributed by atoms with Gasteiger partial charge >= 0.3 is 0 Å². The second-order valence-corrected chi connectivity index (χ2v) is 8.69. The van der Waals surface area contributed by atoms with Crippen LogP contribution >= 0.6 is 0 Å². The maximum Gasteiger partial charge on any atom is 0.161 e. The molecular weight excluding hydrogens is 418 g/mol. The minimum Gasteiger partial charge on any atom is -0.455 e. The first kappa shape index (κ1) is 17.8. The van der Waals surface area contributed by atoms with Crippen LogP contribution in [0, 0.1) is 0 Å². The fourth-order valence-electron chi connectivity index (χ4n) is 5.52. The minimum absolute atomic E-state index is 0.677. The normalized spacial score (nSPS) is 12.1. The fraction of sp³-hybridized carbons (Fsp3) is 0. The number of fused-ring (bicyclic) bond motifs is 12. The van der Waals surface area contributed by atoms with Crippen molar-refractivity contribution in [1.82, 2.24) is 15.0 Å². The summed E-state index contributed by atoms with van der Waals surface area (Å²) in [5, 5.41) is 9.35. The molecule has 0 unspecified atom stereocenters. The van der Waals surface area contributed by atoms with E-state index in [0.717, 1.165) is 49.3 Å². The molecule has 1 N–H and O–H groups in total. The molecule has 4 nitrogen and oxygen atoms in total. The van der Waals surface area contributed by atoms with E-state index >= 15 is 0 Å². The second kappa shape index (κ2) is 6.42. The largest absolute Gasteiger partial charge is 0.455 e. The molecule has 0 aliphatic heterocycles. The van der Waals surface area contributed by atoms with Crippen molar-refractivity contribution >= 4 is 65.3 Å². The van der Waals surface area contributed by atoms with Crippen LogP contribution < -0.4 is 0 Å². The highest BCUT2D eigenvalue weighted by Crippen LogP contribution is 2.46. The first-order valence-corrected chi connectivity index (χ1v) is 11.3. The van der Waals surface area contributed by atoms with E-state index in [2.05, 4.69) is 93.8 Å². The maximum atomic E-state index is 6.69. The molecule has 5 aromatic carbocycles. The van der Waals surface area contributed by atoms with E-state index in [1.54, 1.807) is 12.4 Å². The summed E-state index contributed by atoms with van der Waals surface area (Å²) in [6, 6.07) is 29.5. The third-order valence-corrected chi connectivity index (χ3v) is 6.90. The number of furan rings is 1. The molecule has 0 saturated carbocycles. The maximum absolute atomic E-state index is 6.69. The highest BCUT2D eigenvalue weighted by molar-refractivity contribution is 6.37. The molecule has 158 valence electrons. The van der Waals surface area contributed by atoms with Crippen LogP contribution in [0.15, 0.2) is 102 Å². The summed E-state index contributed by atoms with van der Waals surface area (Å²) in [4.78, 5) is 12.8. The number of aromatic amines is 1.